The van der Waals surface area contributed by atoms with Gasteiger partial charge in [-0.3, -0.25) is 0 Å². The van der Waals surface area contributed by atoms with Crippen LogP contribution in [-0.4, -0.2) is 0 Å². The maximum absolute atomic E-state index is 4.98. The van der Waals surface area contributed by atoms with E-state index in [1.807, 2.05) is 0 Å². The molecular formula is C125H172N4. The summed E-state index contributed by atoms with van der Waals surface area (Å²) in [6.07, 6.45) is 30.3. The Hall–Kier alpha value is -8.60. The van der Waals surface area contributed by atoms with Gasteiger partial charge in [0.15, 0.2) is 0 Å². The van der Waals surface area contributed by atoms with E-state index in [0.29, 0.717) is 23.7 Å². The Morgan fingerprint density at radius 3 is 1.06 bits per heavy atom. The lowest BCUT2D eigenvalue weighted by Gasteiger charge is -2.45. The maximum atomic E-state index is 4.98. The van der Waals surface area contributed by atoms with Gasteiger partial charge < -0.3 is 19.6 Å². The quantitative estimate of drug-likeness (QED) is 0.0705. The van der Waals surface area contributed by atoms with Crippen LogP contribution in [0, 0.1) is 61.6 Å². The Balaban J connectivity index is 1.40. The Bertz CT molecular complexity index is 5500. The number of fused-ring (bicyclic) bond motifs is 3. The third kappa shape index (κ3) is 21.1. The molecule has 0 aromatic heterocycles. The minimum atomic E-state index is -1.05. The van der Waals surface area contributed by atoms with Gasteiger partial charge in [-0.15, -0.1) is 0 Å². The molecule has 12 rings (SSSR count). The fraction of sp³-hybridized carbons (Fsp3) is 0.520. The van der Waals surface area contributed by atoms with Crippen LogP contribution in [0.3, 0.4) is 0 Å². The molecule has 0 aliphatic heterocycles. The van der Waals surface area contributed by atoms with Crippen LogP contribution in [0.15, 0.2) is 246 Å². The van der Waals surface area contributed by atoms with Crippen molar-refractivity contribution in [3.63, 3.8) is 0 Å². The van der Waals surface area contributed by atoms with Gasteiger partial charge in [-0.25, -0.2) is 0 Å². The minimum absolute atomic E-state index is 0.00845. The highest BCUT2D eigenvalue weighted by Crippen LogP contribution is 2.62. The third-order valence-corrected chi connectivity index (χ3v) is 29.6. The Morgan fingerprint density at radius 2 is 0.713 bits per heavy atom. The maximum Gasteiger partial charge on any atom is 0.0716 e. The number of hydrogen-bond donors (Lipinski definition) is 0. The predicted octanol–water partition coefficient (Wildman–Crippen LogP) is 37.0. The number of allylic oxidation sites excluding steroid dienone is 13. The molecule has 0 spiro atoms. The molecule has 5 aliphatic carbocycles. The fourth-order valence-electron chi connectivity index (χ4n) is 20.7. The van der Waals surface area contributed by atoms with Gasteiger partial charge in [-0.05, 0) is 303 Å². The summed E-state index contributed by atoms with van der Waals surface area (Å²) >= 11 is 0. The first kappa shape index (κ1) is 99.4. The number of rotatable bonds is 20. The number of nitrogens with zero attached hydrogens (tertiary/aromatic N) is 4. The largest absolute Gasteiger partial charge is 0.315 e. The van der Waals surface area contributed by atoms with E-state index in [1.165, 1.54) is 112 Å². The number of benzene rings is 7. The number of anilines is 7. The standard InChI is InChI=1S/C125H172N4/c1-42-93(78-123(39,40)122(36,37)38)126(97-63-85(113(9,10)11)60-86(64-97)114(12,13)14)100-69-91(70-101(73-100)127(94-54-51-82(4)109(75-94)119(27,28)29)98-65-87(115(15,16)17)61-88(66-98)116(18,19)20)125(107-49-45-43-47-105(107)106-48-44-46-50-108(106)125)92-71-102(74-103(72-92)129(95-55-52-83(5)110(76-95)120(30,31)32)104-79-124(41,80-104)58-57-112(6,7)8)128(96-56-53-84(59-81(2)3)111(77-96)121(33,34)35)99-67-89(117(21,22)23)62-90(68-99)118(24,25)26/h42-50,54-56,60-79,81-84H,1,51-53,57-59,80H2,2-41H3/b93-78+. The van der Waals surface area contributed by atoms with Gasteiger partial charge in [-0.2, -0.15) is 0 Å². The monoisotopic (exact) mass is 1730 g/mol. The van der Waals surface area contributed by atoms with Gasteiger partial charge in [-0.1, -0.05) is 397 Å². The van der Waals surface area contributed by atoms with Crippen molar-refractivity contribution in [1.82, 2.24) is 0 Å². The lowest BCUT2D eigenvalue weighted by molar-refractivity contribution is 0.192. The predicted molar refractivity (Wildman–Crippen MR) is 567 cm³/mol. The van der Waals surface area contributed by atoms with Crippen molar-refractivity contribution in [2.75, 3.05) is 19.6 Å². The van der Waals surface area contributed by atoms with Gasteiger partial charge in [0.05, 0.1) is 5.41 Å². The zero-order valence-corrected chi connectivity index (χ0v) is 88.7. The molecule has 0 radical (unpaired) electrons. The fourth-order valence-corrected chi connectivity index (χ4v) is 20.7. The normalized spacial score (nSPS) is 19.3. The number of hydrogen-bond acceptors (Lipinski definition) is 4. The second-order valence-corrected chi connectivity index (χ2v) is 53.0. The first-order chi connectivity index (χ1) is 59.0. The summed E-state index contributed by atoms with van der Waals surface area (Å²) in [7, 11) is 0. The van der Waals surface area contributed by atoms with E-state index in [-0.39, 0.29) is 70.4 Å². The minimum Gasteiger partial charge on any atom is -0.315 e. The van der Waals surface area contributed by atoms with E-state index in [0.717, 1.165) is 84.8 Å². The third-order valence-electron chi connectivity index (χ3n) is 29.6. The summed E-state index contributed by atoms with van der Waals surface area (Å²) in [5, 5.41) is 0. The lowest BCUT2D eigenvalue weighted by Crippen LogP contribution is -2.36. The van der Waals surface area contributed by atoms with Gasteiger partial charge in [0.2, 0.25) is 0 Å². The van der Waals surface area contributed by atoms with Crippen molar-refractivity contribution < 1.29 is 0 Å². The topological polar surface area (TPSA) is 13.0 Å². The van der Waals surface area contributed by atoms with E-state index in [4.69, 9.17) is 6.58 Å². The molecule has 4 atom stereocenters. The molecule has 129 heavy (non-hydrogen) atoms. The van der Waals surface area contributed by atoms with E-state index in [9.17, 15) is 0 Å². The SMILES string of the molecule is C=C/C(=C\C(C)(C)C(C)(C)C)N(c1cc(C(C)(C)C)cc(C(C)(C)C)c1)c1cc(N(C2=CCC(C)C(C(C)(C)C)=C2)c2cc(C(C)(C)C)cc(C(C)(C)C)c2)cc(C2(c3cc(N(C4=CCC(C)C(C(C)(C)C)=C4)C4=CC(C)(CCC(C)(C)C)C4)cc(N(C4=CCC(CC(C)C)C(C(C)(C)C)=C4)c4cc(C(C)(C)C)cc(C(C)(C)C)c4)c3)c3ccccc3-c3ccccc32)c1. The molecule has 0 N–H and O–H groups in total. The van der Waals surface area contributed by atoms with Crippen molar-refractivity contribution >= 4 is 39.8 Å². The van der Waals surface area contributed by atoms with E-state index in [1.54, 1.807) is 0 Å². The second kappa shape index (κ2) is 34.8. The summed E-state index contributed by atoms with van der Waals surface area (Å²) in [6.45, 7) is 102. The first-order valence-electron chi connectivity index (χ1n) is 49.6. The molecule has 4 heteroatoms. The van der Waals surface area contributed by atoms with Crippen molar-refractivity contribution in [2.24, 2.45) is 61.6 Å². The molecule has 0 heterocycles. The Labute approximate surface area is 788 Å². The molecule has 4 nitrogen and oxygen atoms in total. The summed E-state index contributed by atoms with van der Waals surface area (Å²) in [6, 6.07) is 58.0. The average molecular weight is 1730 g/mol. The molecule has 0 saturated heterocycles. The molecule has 0 fully saturated rings. The van der Waals surface area contributed by atoms with Crippen molar-refractivity contribution in [3.05, 3.63) is 302 Å². The van der Waals surface area contributed by atoms with Crippen LogP contribution in [0.4, 0.5) is 39.8 Å². The van der Waals surface area contributed by atoms with Crippen LogP contribution in [0.5, 0.6) is 0 Å². The summed E-state index contributed by atoms with van der Waals surface area (Å²) in [5.41, 5.74) is 30.7. The van der Waals surface area contributed by atoms with Crippen molar-refractivity contribution in [1.29, 1.82) is 0 Å². The van der Waals surface area contributed by atoms with Crippen molar-refractivity contribution in [2.45, 2.75) is 360 Å². The summed E-state index contributed by atoms with van der Waals surface area (Å²) in [4.78, 5) is 10.9. The highest BCUT2D eigenvalue weighted by Gasteiger charge is 2.50. The Kier molecular flexibility index (Phi) is 26.8. The molecule has 692 valence electrons. The lowest BCUT2D eigenvalue weighted by atomic mass is 9.67. The van der Waals surface area contributed by atoms with E-state index < -0.39 is 5.41 Å². The van der Waals surface area contributed by atoms with Crippen molar-refractivity contribution in [3.8, 4) is 11.1 Å². The average Bonchev–Trinajstić information content (AvgIpc) is 1.54. The second-order valence-electron chi connectivity index (χ2n) is 53.0. The van der Waals surface area contributed by atoms with Crippen LogP contribution in [0.1, 0.15) is 378 Å². The van der Waals surface area contributed by atoms with Crippen LogP contribution in [0.25, 0.3) is 11.1 Å². The highest BCUT2D eigenvalue weighted by molar-refractivity contribution is 5.91. The van der Waals surface area contributed by atoms with Gasteiger partial charge in [0.25, 0.3) is 0 Å². The molecule has 0 bridgehead atoms. The van der Waals surface area contributed by atoms with E-state index in [2.05, 4.69) is 491 Å². The Morgan fingerprint density at radius 1 is 0.395 bits per heavy atom. The van der Waals surface area contributed by atoms with Crippen LogP contribution in [0.2, 0.25) is 0 Å². The van der Waals surface area contributed by atoms with Gasteiger partial charge >= 0.3 is 0 Å². The zero-order chi connectivity index (χ0) is 95.8. The molecule has 0 saturated carbocycles. The first-order valence-corrected chi connectivity index (χ1v) is 49.6. The molecule has 5 aliphatic rings. The van der Waals surface area contributed by atoms with Crippen LogP contribution in [-0.2, 0) is 37.9 Å². The van der Waals surface area contributed by atoms with Gasteiger partial charge in [0.1, 0.15) is 0 Å². The molecule has 0 amide bonds. The summed E-state index contributed by atoms with van der Waals surface area (Å²) < 4.78 is 0. The smallest absolute Gasteiger partial charge is 0.0716 e. The van der Waals surface area contributed by atoms with Crippen LogP contribution < -0.4 is 19.6 Å². The van der Waals surface area contributed by atoms with E-state index >= 15 is 0 Å². The molecule has 7 aromatic carbocycles. The van der Waals surface area contributed by atoms with Crippen LogP contribution >= 0.6 is 0 Å². The summed E-state index contributed by atoms with van der Waals surface area (Å²) in [5.74, 6) is 1.63. The zero-order valence-electron chi connectivity index (χ0n) is 88.7. The highest BCUT2D eigenvalue weighted by atomic mass is 15.2. The van der Waals surface area contributed by atoms with Gasteiger partial charge in [0, 0.05) is 68.3 Å². The molecule has 4 unspecified atom stereocenters. The molecular weight excluding hydrogens is 1560 g/mol. The molecule has 7 aromatic rings.